The minimum Gasteiger partial charge on any atom is -0.289 e. The number of hydrogen-bond donors (Lipinski definition) is 0. The summed E-state index contributed by atoms with van der Waals surface area (Å²) in [5.41, 5.74) is 0.366. The summed E-state index contributed by atoms with van der Waals surface area (Å²) in [5, 5.41) is 0. The summed E-state index contributed by atoms with van der Waals surface area (Å²) >= 11 is 1.98. The van der Waals surface area contributed by atoms with Gasteiger partial charge in [-0.05, 0) is 46.9 Å². The van der Waals surface area contributed by atoms with Crippen molar-refractivity contribution >= 4 is 28.4 Å². The Hall–Kier alpha value is -0.710. The maximum atomic E-state index is 12.7. The van der Waals surface area contributed by atoms with Gasteiger partial charge in [-0.1, -0.05) is 6.58 Å². The second-order valence-electron chi connectivity index (χ2n) is 2.19. The van der Waals surface area contributed by atoms with Gasteiger partial charge in [0.15, 0.2) is 5.78 Å². The van der Waals surface area contributed by atoms with Crippen molar-refractivity contribution in [2.45, 2.75) is 0 Å². The first-order valence-electron chi connectivity index (χ1n) is 3.27. The Labute approximate surface area is 83.4 Å². The monoisotopic (exact) mass is 276 g/mol. The van der Waals surface area contributed by atoms with Gasteiger partial charge < -0.3 is 0 Å². The molecule has 0 radical (unpaired) electrons. The molecular formula is C9H6FIO. The lowest BCUT2D eigenvalue weighted by Gasteiger charge is -1.98. The Morgan fingerprint density at radius 3 is 2.83 bits per heavy atom. The van der Waals surface area contributed by atoms with Crippen molar-refractivity contribution in [1.82, 2.24) is 0 Å². The van der Waals surface area contributed by atoms with E-state index in [9.17, 15) is 9.18 Å². The number of carbonyl (C=O) groups is 1. The van der Waals surface area contributed by atoms with E-state index < -0.39 is 5.82 Å². The molecule has 12 heavy (non-hydrogen) atoms. The Morgan fingerprint density at radius 2 is 2.25 bits per heavy atom. The summed E-state index contributed by atoms with van der Waals surface area (Å²) in [5.74, 6) is -0.653. The zero-order valence-electron chi connectivity index (χ0n) is 6.18. The highest BCUT2D eigenvalue weighted by Crippen LogP contribution is 2.14. The highest BCUT2D eigenvalue weighted by Gasteiger charge is 2.06. The SMILES string of the molecule is C=CC(=O)c1cc(F)ccc1I. The van der Waals surface area contributed by atoms with Gasteiger partial charge in [-0.3, -0.25) is 4.79 Å². The Morgan fingerprint density at radius 1 is 1.58 bits per heavy atom. The van der Waals surface area contributed by atoms with Gasteiger partial charge in [-0.25, -0.2) is 4.39 Å². The van der Waals surface area contributed by atoms with Crippen molar-refractivity contribution < 1.29 is 9.18 Å². The molecule has 0 aliphatic rings. The molecule has 0 atom stereocenters. The molecule has 0 aliphatic carbocycles. The maximum Gasteiger partial charge on any atom is 0.186 e. The molecule has 3 heteroatoms. The second kappa shape index (κ2) is 3.80. The fourth-order valence-electron chi connectivity index (χ4n) is 0.796. The van der Waals surface area contributed by atoms with Crippen LogP contribution < -0.4 is 0 Å². The van der Waals surface area contributed by atoms with Crippen molar-refractivity contribution in [3.8, 4) is 0 Å². The minimum atomic E-state index is -0.402. The van der Waals surface area contributed by atoms with Crippen LogP contribution >= 0.6 is 22.6 Å². The molecule has 0 saturated carbocycles. The number of allylic oxidation sites excluding steroid dienone is 1. The van der Waals surface area contributed by atoms with Crippen molar-refractivity contribution in [3.05, 3.63) is 45.8 Å². The maximum absolute atomic E-state index is 12.7. The zero-order chi connectivity index (χ0) is 9.14. The van der Waals surface area contributed by atoms with Crippen LogP contribution in [0.15, 0.2) is 30.9 Å². The molecule has 0 aliphatic heterocycles. The average molecular weight is 276 g/mol. The number of halogens is 2. The van der Waals surface area contributed by atoms with Crippen LogP contribution in [0.3, 0.4) is 0 Å². The van der Waals surface area contributed by atoms with Gasteiger partial charge in [0.2, 0.25) is 0 Å². The van der Waals surface area contributed by atoms with Gasteiger partial charge in [-0.2, -0.15) is 0 Å². The van der Waals surface area contributed by atoms with E-state index >= 15 is 0 Å². The predicted octanol–water partition coefficient (Wildman–Crippen LogP) is 2.80. The van der Waals surface area contributed by atoms with Gasteiger partial charge in [-0.15, -0.1) is 0 Å². The molecule has 1 nitrogen and oxygen atoms in total. The third-order valence-electron chi connectivity index (χ3n) is 1.38. The van der Waals surface area contributed by atoms with E-state index in [1.54, 1.807) is 6.07 Å². The molecule has 0 unspecified atom stereocenters. The highest BCUT2D eigenvalue weighted by atomic mass is 127. The van der Waals surface area contributed by atoms with Crippen LogP contribution in [0.5, 0.6) is 0 Å². The molecule has 1 rings (SSSR count). The van der Waals surface area contributed by atoms with Crippen LogP contribution in [0.1, 0.15) is 10.4 Å². The molecule has 0 N–H and O–H groups in total. The number of ketones is 1. The van der Waals surface area contributed by atoms with Crippen molar-refractivity contribution in [1.29, 1.82) is 0 Å². The molecule has 0 fully saturated rings. The number of hydrogen-bond acceptors (Lipinski definition) is 1. The van der Waals surface area contributed by atoms with Gasteiger partial charge in [0.05, 0.1) is 0 Å². The van der Waals surface area contributed by atoms with E-state index in [0.717, 1.165) is 3.57 Å². The number of benzene rings is 1. The largest absolute Gasteiger partial charge is 0.289 e. The summed E-state index contributed by atoms with van der Waals surface area (Å²) in [4.78, 5) is 11.1. The molecule has 62 valence electrons. The molecule has 1 aromatic rings. The van der Waals surface area contributed by atoms with E-state index in [4.69, 9.17) is 0 Å². The lowest BCUT2D eigenvalue weighted by molar-refractivity contribution is 0.104. The van der Waals surface area contributed by atoms with Crippen molar-refractivity contribution in [3.63, 3.8) is 0 Å². The summed E-state index contributed by atoms with van der Waals surface area (Å²) in [7, 11) is 0. The zero-order valence-corrected chi connectivity index (χ0v) is 8.34. The third kappa shape index (κ3) is 1.91. The van der Waals surface area contributed by atoms with Crippen molar-refractivity contribution in [2.75, 3.05) is 0 Å². The van der Waals surface area contributed by atoms with Crippen molar-refractivity contribution in [2.24, 2.45) is 0 Å². The van der Waals surface area contributed by atoms with Gasteiger partial charge in [0.1, 0.15) is 5.82 Å². The van der Waals surface area contributed by atoms with Crippen LogP contribution in [0.2, 0.25) is 0 Å². The number of carbonyl (C=O) groups excluding carboxylic acids is 1. The topological polar surface area (TPSA) is 17.1 Å². The second-order valence-corrected chi connectivity index (χ2v) is 3.35. The van der Waals surface area contributed by atoms with Crippen LogP contribution in [0.4, 0.5) is 4.39 Å². The Kier molecular flexibility index (Phi) is 2.97. The third-order valence-corrected chi connectivity index (χ3v) is 2.32. The van der Waals surface area contributed by atoms with E-state index in [1.165, 1.54) is 18.2 Å². The lowest BCUT2D eigenvalue weighted by atomic mass is 10.1. The first kappa shape index (κ1) is 9.38. The predicted molar refractivity (Wildman–Crippen MR) is 53.6 cm³/mol. The molecule has 0 aromatic heterocycles. The summed E-state index contributed by atoms with van der Waals surface area (Å²) < 4.78 is 13.4. The van der Waals surface area contributed by atoms with Gasteiger partial charge in [0.25, 0.3) is 0 Å². The number of rotatable bonds is 2. The smallest absolute Gasteiger partial charge is 0.186 e. The quantitative estimate of drug-likeness (QED) is 0.461. The molecule has 0 amide bonds. The van der Waals surface area contributed by atoms with Crippen LogP contribution in [-0.2, 0) is 0 Å². The Balaban J connectivity index is 3.22. The first-order chi connectivity index (χ1) is 5.65. The summed E-state index contributed by atoms with van der Waals surface area (Å²) in [6, 6.07) is 4.10. The van der Waals surface area contributed by atoms with Gasteiger partial charge >= 0.3 is 0 Å². The molecule has 0 saturated heterocycles. The summed E-state index contributed by atoms with van der Waals surface area (Å²) in [6.07, 6.45) is 1.18. The molecule has 0 heterocycles. The van der Waals surface area contributed by atoms with E-state index in [2.05, 4.69) is 6.58 Å². The fourth-order valence-corrected chi connectivity index (χ4v) is 1.40. The average Bonchev–Trinajstić information content (AvgIpc) is 2.08. The van der Waals surface area contributed by atoms with Crippen LogP contribution in [-0.4, -0.2) is 5.78 Å². The Bertz CT molecular complexity index is 333. The van der Waals surface area contributed by atoms with Crippen LogP contribution in [0.25, 0.3) is 0 Å². The highest BCUT2D eigenvalue weighted by molar-refractivity contribution is 14.1. The van der Waals surface area contributed by atoms with E-state index in [1.807, 2.05) is 22.6 Å². The summed E-state index contributed by atoms with van der Waals surface area (Å²) in [6.45, 7) is 3.33. The normalized spacial score (nSPS) is 9.50. The minimum absolute atomic E-state index is 0.251. The fraction of sp³-hybridized carbons (Fsp3) is 0. The first-order valence-corrected chi connectivity index (χ1v) is 4.35. The molecule has 0 spiro atoms. The van der Waals surface area contributed by atoms with E-state index in [0.29, 0.717) is 5.56 Å². The molecule has 0 bridgehead atoms. The van der Waals surface area contributed by atoms with Crippen LogP contribution in [0, 0.1) is 9.39 Å². The van der Waals surface area contributed by atoms with E-state index in [-0.39, 0.29) is 5.78 Å². The molecular weight excluding hydrogens is 270 g/mol. The van der Waals surface area contributed by atoms with Gasteiger partial charge in [0, 0.05) is 9.13 Å². The molecule has 1 aromatic carbocycles. The standard InChI is InChI=1S/C9H6FIO/c1-2-9(12)7-5-6(10)3-4-8(7)11/h2-5H,1H2. The lowest BCUT2D eigenvalue weighted by Crippen LogP contribution is -1.97.